The fraction of sp³-hybridized carbons (Fsp3) is 0.357. The lowest BCUT2D eigenvalue weighted by Crippen LogP contribution is -2.21. The van der Waals surface area contributed by atoms with Gasteiger partial charge in [0.25, 0.3) is 0 Å². The molecule has 0 aliphatic carbocycles. The molecule has 0 aliphatic rings. The Balaban J connectivity index is 2.97. The highest BCUT2D eigenvalue weighted by atomic mass is 16.1. The maximum absolute atomic E-state index is 10.7. The summed E-state index contributed by atoms with van der Waals surface area (Å²) in [5, 5.41) is 0. The van der Waals surface area contributed by atoms with Crippen LogP contribution in [0.5, 0.6) is 0 Å². The van der Waals surface area contributed by atoms with Crippen molar-refractivity contribution in [2.45, 2.75) is 20.8 Å². The quantitative estimate of drug-likeness (QED) is 0.792. The van der Waals surface area contributed by atoms with Crippen molar-refractivity contribution in [2.75, 3.05) is 18.0 Å². The van der Waals surface area contributed by atoms with Crippen LogP contribution >= 0.6 is 0 Å². The van der Waals surface area contributed by atoms with Gasteiger partial charge in [0.05, 0.1) is 0 Å². The van der Waals surface area contributed by atoms with Crippen molar-refractivity contribution < 1.29 is 4.79 Å². The highest BCUT2D eigenvalue weighted by Crippen LogP contribution is 2.19. The Morgan fingerprint density at radius 3 is 2.47 bits per heavy atom. The van der Waals surface area contributed by atoms with Crippen molar-refractivity contribution in [1.29, 1.82) is 0 Å². The Morgan fingerprint density at radius 1 is 1.35 bits per heavy atom. The highest BCUT2D eigenvalue weighted by molar-refractivity contribution is 5.90. The molecule has 92 valence electrons. The molecule has 2 N–H and O–H groups in total. The third-order valence-electron chi connectivity index (χ3n) is 2.81. The summed E-state index contributed by atoms with van der Waals surface area (Å²) >= 11 is 0. The Bertz CT molecular complexity index is 420. The second kappa shape index (κ2) is 6.09. The van der Waals surface area contributed by atoms with Gasteiger partial charge in [-0.15, -0.1) is 0 Å². The summed E-state index contributed by atoms with van der Waals surface area (Å²) in [7, 11) is 0. The van der Waals surface area contributed by atoms with E-state index in [1.807, 2.05) is 13.0 Å². The molecular formula is C14H20N2O. The van der Waals surface area contributed by atoms with Crippen LogP contribution in [-0.4, -0.2) is 19.0 Å². The topological polar surface area (TPSA) is 46.3 Å². The van der Waals surface area contributed by atoms with E-state index < -0.39 is 5.91 Å². The lowest BCUT2D eigenvalue weighted by Gasteiger charge is -2.21. The molecule has 0 saturated carbocycles. The van der Waals surface area contributed by atoms with Gasteiger partial charge in [-0.3, -0.25) is 4.79 Å². The van der Waals surface area contributed by atoms with E-state index in [1.54, 1.807) is 6.08 Å². The minimum absolute atomic E-state index is 0.419. The predicted octanol–water partition coefficient (Wildman–Crippen LogP) is 2.34. The number of hydrogen-bond acceptors (Lipinski definition) is 2. The van der Waals surface area contributed by atoms with Crippen LogP contribution in [0.1, 0.15) is 25.0 Å². The smallest absolute Gasteiger partial charge is 0.241 e. The Labute approximate surface area is 103 Å². The van der Waals surface area contributed by atoms with Crippen molar-refractivity contribution in [1.82, 2.24) is 0 Å². The summed E-state index contributed by atoms with van der Waals surface area (Å²) in [6.07, 6.45) is 3.14. The van der Waals surface area contributed by atoms with E-state index in [0.717, 1.165) is 24.2 Å². The van der Waals surface area contributed by atoms with Crippen LogP contribution in [0.2, 0.25) is 0 Å². The summed E-state index contributed by atoms with van der Waals surface area (Å²) < 4.78 is 0. The molecule has 0 saturated heterocycles. The molecule has 0 aromatic heterocycles. The fourth-order valence-electron chi connectivity index (χ4n) is 1.80. The molecule has 1 aromatic carbocycles. The standard InChI is InChI=1S/C14H20N2O/c1-4-16(5-2)13-8-6-12(11(3)10-13)7-9-14(15)17/h6-10H,4-5H2,1-3H3,(H2,15,17)/b9-7-. The SMILES string of the molecule is CCN(CC)c1ccc(/C=C\C(N)=O)c(C)c1. The number of benzene rings is 1. The van der Waals surface area contributed by atoms with Gasteiger partial charge in [0.2, 0.25) is 5.91 Å². The van der Waals surface area contributed by atoms with Crippen LogP contribution in [0.4, 0.5) is 5.69 Å². The first kappa shape index (κ1) is 13.3. The lowest BCUT2D eigenvalue weighted by atomic mass is 10.1. The third-order valence-corrected chi connectivity index (χ3v) is 2.81. The van der Waals surface area contributed by atoms with Crippen LogP contribution in [0, 0.1) is 6.92 Å². The molecular weight excluding hydrogens is 212 g/mol. The predicted molar refractivity (Wildman–Crippen MR) is 73.0 cm³/mol. The van der Waals surface area contributed by atoms with Crippen LogP contribution < -0.4 is 10.6 Å². The number of nitrogens with two attached hydrogens (primary N) is 1. The molecule has 17 heavy (non-hydrogen) atoms. The average Bonchev–Trinajstić information content (AvgIpc) is 2.29. The fourth-order valence-corrected chi connectivity index (χ4v) is 1.80. The number of nitrogens with zero attached hydrogens (tertiary/aromatic N) is 1. The molecule has 0 unspecified atom stereocenters. The van der Waals surface area contributed by atoms with Gasteiger partial charge in [-0.2, -0.15) is 0 Å². The zero-order valence-corrected chi connectivity index (χ0v) is 10.7. The molecule has 1 rings (SSSR count). The summed E-state index contributed by atoms with van der Waals surface area (Å²) in [5.41, 5.74) is 8.46. The van der Waals surface area contributed by atoms with E-state index in [1.165, 1.54) is 11.8 Å². The minimum atomic E-state index is -0.419. The summed E-state index contributed by atoms with van der Waals surface area (Å²) in [6.45, 7) is 8.30. The van der Waals surface area contributed by atoms with Gasteiger partial charge < -0.3 is 10.6 Å². The van der Waals surface area contributed by atoms with Crippen molar-refractivity contribution in [3.63, 3.8) is 0 Å². The van der Waals surface area contributed by atoms with Gasteiger partial charge in [-0.25, -0.2) is 0 Å². The van der Waals surface area contributed by atoms with Crippen molar-refractivity contribution in [3.05, 3.63) is 35.4 Å². The molecule has 0 bridgehead atoms. The molecule has 0 aliphatic heterocycles. The number of carbonyl (C=O) groups is 1. The van der Waals surface area contributed by atoms with Gasteiger partial charge in [0, 0.05) is 24.9 Å². The van der Waals surface area contributed by atoms with Gasteiger partial charge >= 0.3 is 0 Å². The molecule has 1 aromatic rings. The Hall–Kier alpha value is -1.77. The first-order valence-corrected chi connectivity index (χ1v) is 5.91. The summed E-state index contributed by atoms with van der Waals surface area (Å²) in [6, 6.07) is 6.22. The highest BCUT2D eigenvalue weighted by Gasteiger charge is 2.03. The number of hydrogen-bond donors (Lipinski definition) is 1. The second-order valence-corrected chi connectivity index (χ2v) is 3.95. The minimum Gasteiger partial charge on any atom is -0.372 e. The van der Waals surface area contributed by atoms with Crippen LogP contribution in [0.15, 0.2) is 24.3 Å². The van der Waals surface area contributed by atoms with Gasteiger partial charge in [-0.05, 0) is 50.1 Å². The van der Waals surface area contributed by atoms with E-state index >= 15 is 0 Å². The number of primary amides is 1. The maximum atomic E-state index is 10.7. The van der Waals surface area contributed by atoms with E-state index in [2.05, 4.69) is 30.9 Å². The van der Waals surface area contributed by atoms with Gasteiger partial charge in [0.1, 0.15) is 0 Å². The van der Waals surface area contributed by atoms with E-state index in [4.69, 9.17) is 5.73 Å². The lowest BCUT2D eigenvalue weighted by molar-refractivity contribution is -0.113. The monoisotopic (exact) mass is 232 g/mol. The molecule has 0 radical (unpaired) electrons. The zero-order valence-electron chi connectivity index (χ0n) is 10.7. The van der Waals surface area contributed by atoms with Gasteiger partial charge in [0.15, 0.2) is 0 Å². The molecule has 3 heteroatoms. The Kier molecular flexibility index (Phi) is 4.76. The summed E-state index contributed by atoms with van der Waals surface area (Å²) in [5.74, 6) is -0.419. The molecule has 0 fully saturated rings. The zero-order chi connectivity index (χ0) is 12.8. The number of anilines is 1. The van der Waals surface area contributed by atoms with Crippen LogP contribution in [-0.2, 0) is 4.79 Å². The van der Waals surface area contributed by atoms with Crippen molar-refractivity contribution in [2.24, 2.45) is 5.73 Å². The first-order valence-electron chi connectivity index (χ1n) is 5.91. The van der Waals surface area contributed by atoms with Crippen LogP contribution in [0.3, 0.4) is 0 Å². The molecule has 0 spiro atoms. The van der Waals surface area contributed by atoms with Crippen molar-refractivity contribution in [3.8, 4) is 0 Å². The molecule has 0 heterocycles. The van der Waals surface area contributed by atoms with Gasteiger partial charge in [-0.1, -0.05) is 6.07 Å². The number of rotatable bonds is 5. The average molecular weight is 232 g/mol. The number of carbonyl (C=O) groups excluding carboxylic acids is 1. The summed E-state index contributed by atoms with van der Waals surface area (Å²) in [4.78, 5) is 13.0. The molecule has 1 amide bonds. The Morgan fingerprint density at radius 2 is 2.00 bits per heavy atom. The van der Waals surface area contributed by atoms with E-state index in [9.17, 15) is 4.79 Å². The van der Waals surface area contributed by atoms with E-state index in [0.29, 0.717) is 0 Å². The third kappa shape index (κ3) is 3.63. The second-order valence-electron chi connectivity index (χ2n) is 3.95. The number of amides is 1. The first-order chi connectivity index (χ1) is 8.08. The normalized spacial score (nSPS) is 10.8. The molecule has 3 nitrogen and oxygen atoms in total. The maximum Gasteiger partial charge on any atom is 0.241 e. The largest absolute Gasteiger partial charge is 0.372 e. The van der Waals surface area contributed by atoms with E-state index in [-0.39, 0.29) is 0 Å². The van der Waals surface area contributed by atoms with Crippen LogP contribution in [0.25, 0.3) is 6.08 Å². The van der Waals surface area contributed by atoms with Crippen molar-refractivity contribution >= 4 is 17.7 Å². The number of aryl methyl sites for hydroxylation is 1. The molecule has 0 atom stereocenters.